The molecule has 17 heavy (non-hydrogen) atoms. The number of allylic oxidation sites excluding steroid dienone is 1. The average molecular weight is 268 g/mol. The molecule has 0 atom stereocenters. The van der Waals surface area contributed by atoms with Gasteiger partial charge in [-0.15, -0.1) is 0 Å². The lowest BCUT2D eigenvalue weighted by Gasteiger charge is -2.28. The Bertz CT molecular complexity index is 312. The molecule has 0 heterocycles. The van der Waals surface area contributed by atoms with Gasteiger partial charge in [0.05, 0.1) is 0 Å². The van der Waals surface area contributed by atoms with E-state index in [2.05, 4.69) is 0 Å². The van der Waals surface area contributed by atoms with E-state index in [1.165, 1.54) is 0 Å². The van der Waals surface area contributed by atoms with Crippen LogP contribution in [0.25, 0.3) is 0 Å². The maximum Gasteiger partial charge on any atom is 0.431 e. The average Bonchev–Trinajstić information content (AvgIpc) is 2.09. The third-order valence-corrected chi connectivity index (χ3v) is 1.93. The van der Waals surface area contributed by atoms with Gasteiger partial charge in [0.1, 0.15) is 0 Å². The second-order valence-electron chi connectivity index (χ2n) is 3.19. The molecule has 0 aliphatic heterocycles. The fourth-order valence-corrected chi connectivity index (χ4v) is 0.773. The summed E-state index contributed by atoms with van der Waals surface area (Å²) in [7, 11) is 0. The topological polar surface area (TPSA) is 37.3 Å². The zero-order chi connectivity index (χ0) is 14.1. The number of aliphatic carboxylic acids is 1. The van der Waals surface area contributed by atoms with Crippen LogP contribution in [-0.4, -0.2) is 29.1 Å². The molecule has 100 valence electrons. The van der Waals surface area contributed by atoms with E-state index in [1.54, 1.807) is 0 Å². The molecule has 2 nitrogen and oxygen atoms in total. The number of rotatable bonds is 3. The van der Waals surface area contributed by atoms with Gasteiger partial charge < -0.3 is 5.11 Å². The van der Waals surface area contributed by atoms with Crippen LogP contribution in [0.5, 0.6) is 0 Å². The molecule has 0 rings (SSSR count). The molecule has 0 spiro atoms. The maximum absolute atomic E-state index is 12.9. The van der Waals surface area contributed by atoms with Gasteiger partial charge in [-0.1, -0.05) is 6.08 Å². The SMILES string of the molecule is CC(=CCC(F)(C(F)(F)F)C(F)(F)F)C(=O)O. The van der Waals surface area contributed by atoms with E-state index in [0.29, 0.717) is 0 Å². The Kier molecular flexibility index (Phi) is 4.19. The highest BCUT2D eigenvalue weighted by Gasteiger charge is 2.71. The predicted molar refractivity (Wildman–Crippen MR) is 42.0 cm³/mol. The summed E-state index contributed by atoms with van der Waals surface area (Å²) in [6.45, 7) is 0.759. The Morgan fingerprint density at radius 2 is 1.41 bits per heavy atom. The van der Waals surface area contributed by atoms with Crippen molar-refractivity contribution in [2.24, 2.45) is 0 Å². The minimum atomic E-state index is -6.17. The molecular weight excluding hydrogens is 261 g/mol. The predicted octanol–water partition coefficient (Wildman–Crippen LogP) is 3.24. The van der Waals surface area contributed by atoms with Crippen LogP contribution in [-0.2, 0) is 4.79 Å². The van der Waals surface area contributed by atoms with Crippen LogP contribution in [0.1, 0.15) is 13.3 Å². The van der Waals surface area contributed by atoms with Gasteiger partial charge >= 0.3 is 24.0 Å². The lowest BCUT2D eigenvalue weighted by molar-refractivity contribution is -0.340. The van der Waals surface area contributed by atoms with Crippen LogP contribution in [0.2, 0.25) is 0 Å². The molecule has 0 aromatic carbocycles. The molecule has 0 aliphatic rings. The third-order valence-electron chi connectivity index (χ3n) is 1.93. The largest absolute Gasteiger partial charge is 0.478 e. The summed E-state index contributed by atoms with van der Waals surface area (Å²) in [6, 6.07) is 0. The Morgan fingerprint density at radius 1 is 1.06 bits per heavy atom. The van der Waals surface area contributed by atoms with Crippen molar-refractivity contribution in [1.29, 1.82) is 0 Å². The van der Waals surface area contributed by atoms with Crippen molar-refractivity contribution in [3.05, 3.63) is 11.6 Å². The minimum absolute atomic E-state index is 0.0450. The fraction of sp³-hybridized carbons (Fsp3) is 0.625. The van der Waals surface area contributed by atoms with Crippen molar-refractivity contribution in [2.45, 2.75) is 31.4 Å². The molecule has 0 bridgehead atoms. The van der Waals surface area contributed by atoms with Crippen molar-refractivity contribution in [2.75, 3.05) is 0 Å². The van der Waals surface area contributed by atoms with Crippen molar-refractivity contribution < 1.29 is 40.6 Å². The molecule has 0 aliphatic carbocycles. The molecule has 1 N–H and O–H groups in total. The first-order valence-corrected chi connectivity index (χ1v) is 4.05. The first-order valence-electron chi connectivity index (χ1n) is 4.05. The standard InChI is InChI=1S/C8H7F7O2/c1-4(5(16)17)2-3-6(9,7(10,11)12)8(13,14)15/h2H,3H2,1H3,(H,16,17). The number of halogens is 7. The number of carbonyl (C=O) groups is 1. The highest BCUT2D eigenvalue weighted by molar-refractivity contribution is 5.85. The second-order valence-corrected chi connectivity index (χ2v) is 3.19. The molecule has 0 unspecified atom stereocenters. The van der Waals surface area contributed by atoms with Crippen LogP contribution >= 0.6 is 0 Å². The van der Waals surface area contributed by atoms with Crippen molar-refractivity contribution in [3.8, 4) is 0 Å². The van der Waals surface area contributed by atoms with E-state index in [9.17, 15) is 35.5 Å². The van der Waals surface area contributed by atoms with E-state index in [1.807, 2.05) is 0 Å². The van der Waals surface area contributed by atoms with E-state index in [-0.39, 0.29) is 6.08 Å². The molecule has 0 aromatic rings. The summed E-state index contributed by atoms with van der Waals surface area (Å²) in [5.41, 5.74) is -6.25. The lowest BCUT2D eigenvalue weighted by Crippen LogP contribution is -2.52. The first kappa shape index (κ1) is 15.7. The van der Waals surface area contributed by atoms with Gasteiger partial charge in [0, 0.05) is 12.0 Å². The molecule has 0 saturated carbocycles. The number of hydrogen-bond acceptors (Lipinski definition) is 1. The highest BCUT2D eigenvalue weighted by atomic mass is 19.4. The molecule has 0 radical (unpaired) electrons. The van der Waals surface area contributed by atoms with Gasteiger partial charge in [0.15, 0.2) is 0 Å². The zero-order valence-electron chi connectivity index (χ0n) is 8.29. The van der Waals surface area contributed by atoms with E-state index >= 15 is 0 Å². The Balaban J connectivity index is 5.28. The molecule has 0 aromatic heterocycles. The Labute approximate surface area is 90.7 Å². The highest BCUT2D eigenvalue weighted by Crippen LogP contribution is 2.48. The van der Waals surface area contributed by atoms with Gasteiger partial charge in [-0.25, -0.2) is 9.18 Å². The quantitative estimate of drug-likeness (QED) is 0.630. The van der Waals surface area contributed by atoms with Gasteiger partial charge in [-0.05, 0) is 6.92 Å². The summed E-state index contributed by atoms with van der Waals surface area (Å²) in [5, 5.41) is 8.23. The lowest BCUT2D eigenvalue weighted by atomic mass is 9.99. The van der Waals surface area contributed by atoms with E-state index in [4.69, 9.17) is 5.11 Å². The second kappa shape index (κ2) is 4.53. The number of alkyl halides is 7. The van der Waals surface area contributed by atoms with Crippen LogP contribution in [0, 0.1) is 0 Å². The number of carboxylic acids is 1. The van der Waals surface area contributed by atoms with E-state index < -0.39 is 36.0 Å². The normalized spacial score (nSPS) is 14.9. The van der Waals surface area contributed by atoms with Crippen LogP contribution in [0.4, 0.5) is 30.7 Å². The summed E-state index contributed by atoms with van der Waals surface area (Å²) in [4.78, 5) is 10.2. The number of carboxylic acid groups (broad SMARTS) is 1. The monoisotopic (exact) mass is 268 g/mol. The van der Waals surface area contributed by atoms with E-state index in [0.717, 1.165) is 6.92 Å². The zero-order valence-corrected chi connectivity index (χ0v) is 8.29. The van der Waals surface area contributed by atoms with Crippen molar-refractivity contribution in [3.63, 3.8) is 0 Å². The first-order chi connectivity index (χ1) is 7.33. The number of hydrogen-bond donors (Lipinski definition) is 1. The minimum Gasteiger partial charge on any atom is -0.478 e. The molecule has 9 heteroatoms. The summed E-state index contributed by atoms with van der Waals surface area (Å²) in [5.74, 6) is -1.73. The van der Waals surface area contributed by atoms with Crippen LogP contribution in [0.15, 0.2) is 11.6 Å². The van der Waals surface area contributed by atoms with Gasteiger partial charge in [-0.2, -0.15) is 26.3 Å². The van der Waals surface area contributed by atoms with Crippen molar-refractivity contribution >= 4 is 5.97 Å². The smallest absolute Gasteiger partial charge is 0.431 e. The van der Waals surface area contributed by atoms with Crippen LogP contribution < -0.4 is 0 Å². The maximum atomic E-state index is 12.9. The summed E-state index contributed by atoms with van der Waals surface area (Å²) < 4.78 is 84.8. The van der Waals surface area contributed by atoms with Crippen molar-refractivity contribution in [1.82, 2.24) is 0 Å². The van der Waals surface area contributed by atoms with Gasteiger partial charge in [0.25, 0.3) is 0 Å². The van der Waals surface area contributed by atoms with Gasteiger partial charge in [0.2, 0.25) is 0 Å². The third kappa shape index (κ3) is 3.34. The van der Waals surface area contributed by atoms with Crippen LogP contribution in [0.3, 0.4) is 0 Å². The fourth-order valence-electron chi connectivity index (χ4n) is 0.773. The van der Waals surface area contributed by atoms with Gasteiger partial charge in [-0.3, -0.25) is 0 Å². The molecule has 0 saturated heterocycles. The Hall–Kier alpha value is -1.28. The summed E-state index contributed by atoms with van der Waals surface area (Å²) in [6.07, 6.45) is -14.4. The summed E-state index contributed by atoms with van der Waals surface area (Å²) >= 11 is 0. The molecule has 0 amide bonds. The Morgan fingerprint density at radius 3 is 1.65 bits per heavy atom. The molecule has 0 fully saturated rings. The molecular formula is C8H7F7O2.